The van der Waals surface area contributed by atoms with Crippen LogP contribution >= 0.6 is 0 Å². The molecule has 0 radical (unpaired) electrons. The summed E-state index contributed by atoms with van der Waals surface area (Å²) >= 11 is 0. The van der Waals surface area contributed by atoms with Crippen molar-refractivity contribution in [1.29, 1.82) is 0 Å². The van der Waals surface area contributed by atoms with Crippen molar-refractivity contribution >= 4 is 38.5 Å². The third-order valence-corrected chi connectivity index (χ3v) is 10.1. The molecule has 2 aliphatic rings. The van der Waals surface area contributed by atoms with Gasteiger partial charge in [0.15, 0.2) is 0 Å². The average Bonchev–Trinajstić information content (AvgIpc) is 2.97. The van der Waals surface area contributed by atoms with Crippen LogP contribution in [0.2, 0.25) is 0 Å². The van der Waals surface area contributed by atoms with Crippen molar-refractivity contribution in [3.8, 4) is 22.9 Å². The van der Waals surface area contributed by atoms with Gasteiger partial charge in [0.2, 0.25) is 21.9 Å². The first-order valence-corrected chi connectivity index (χ1v) is 17.3. The van der Waals surface area contributed by atoms with Crippen LogP contribution in [0, 0.1) is 6.92 Å². The average molecular weight is 663 g/mol. The van der Waals surface area contributed by atoms with Gasteiger partial charge in [0.25, 0.3) is 0 Å². The predicted molar refractivity (Wildman–Crippen MR) is 179 cm³/mol. The highest BCUT2D eigenvalue weighted by Crippen LogP contribution is 2.40. The van der Waals surface area contributed by atoms with E-state index in [1.54, 1.807) is 51.4 Å². The first-order valence-electron chi connectivity index (χ1n) is 15.7. The van der Waals surface area contributed by atoms with Gasteiger partial charge in [-0.25, -0.2) is 32.6 Å². The number of amides is 1. The quantitative estimate of drug-likeness (QED) is 0.208. The zero-order valence-electron chi connectivity index (χ0n) is 26.9. The van der Waals surface area contributed by atoms with Crippen LogP contribution in [0.5, 0.6) is 11.6 Å². The second kappa shape index (κ2) is 12.9. The number of carbonyl (C=O) groups is 1. The van der Waals surface area contributed by atoms with Gasteiger partial charge in [-0.15, -0.1) is 0 Å². The van der Waals surface area contributed by atoms with Gasteiger partial charge in [0, 0.05) is 42.2 Å². The molecule has 2 fully saturated rings. The summed E-state index contributed by atoms with van der Waals surface area (Å²) in [4.78, 5) is 27.6. The number of piperidine rings is 1. The second-order valence-corrected chi connectivity index (χ2v) is 15.1. The summed E-state index contributed by atoms with van der Waals surface area (Å²) in [6, 6.07) is 14.2. The maximum atomic E-state index is 14.7. The van der Waals surface area contributed by atoms with Crippen LogP contribution < -0.4 is 14.8 Å². The van der Waals surface area contributed by atoms with Gasteiger partial charge in [0.05, 0.1) is 28.7 Å². The van der Waals surface area contributed by atoms with Crippen molar-refractivity contribution in [1.82, 2.24) is 19.9 Å². The van der Waals surface area contributed by atoms with E-state index in [-0.39, 0.29) is 30.7 Å². The molecular formula is C34H39FN6O5S. The summed E-state index contributed by atoms with van der Waals surface area (Å²) in [5.74, 6) is 1.11. The Morgan fingerprint density at radius 1 is 1.02 bits per heavy atom. The molecular weight excluding hydrogens is 623 g/mol. The number of aromatic nitrogens is 3. The molecule has 248 valence electrons. The van der Waals surface area contributed by atoms with Crippen LogP contribution in [0.15, 0.2) is 60.9 Å². The fourth-order valence-electron chi connectivity index (χ4n) is 5.77. The Bertz CT molecular complexity index is 1900. The Kier molecular flexibility index (Phi) is 8.93. The molecule has 47 heavy (non-hydrogen) atoms. The number of hydrogen-bond donors (Lipinski definition) is 2. The lowest BCUT2D eigenvalue weighted by Crippen LogP contribution is -2.51. The summed E-state index contributed by atoms with van der Waals surface area (Å²) < 4.78 is 55.4. The molecule has 3 heterocycles. The molecule has 6 rings (SSSR count). The highest BCUT2D eigenvalue weighted by molar-refractivity contribution is 7.93. The number of carbonyl (C=O) groups excluding carboxylic acids is 1. The fourth-order valence-corrected chi connectivity index (χ4v) is 7.36. The number of anilines is 2. The Morgan fingerprint density at radius 3 is 2.51 bits per heavy atom. The highest BCUT2D eigenvalue weighted by Gasteiger charge is 2.34. The number of nitrogens with zero attached hydrogens (tertiary/aromatic N) is 4. The van der Waals surface area contributed by atoms with Gasteiger partial charge in [-0.1, -0.05) is 30.7 Å². The SMILES string of the molecule is Cc1cc(NS(=O)(=O)C2CCC2)c2ccccc2c1Oc1ncccc1-c1ccnc(N[C@H]2C[C@H](F)CN(C(=O)OC(C)(C)C)C2)n1. The lowest BCUT2D eigenvalue weighted by atomic mass is 10.0. The molecule has 2 N–H and O–H groups in total. The number of pyridine rings is 1. The number of rotatable bonds is 8. The number of alkyl halides is 1. The smallest absolute Gasteiger partial charge is 0.410 e. The van der Waals surface area contributed by atoms with E-state index in [1.807, 2.05) is 37.3 Å². The minimum absolute atomic E-state index is 0.0359. The van der Waals surface area contributed by atoms with E-state index < -0.39 is 33.9 Å². The fraction of sp³-hybridized carbons (Fsp3) is 0.412. The van der Waals surface area contributed by atoms with Crippen molar-refractivity contribution in [2.75, 3.05) is 23.1 Å². The number of sulfonamides is 1. The monoisotopic (exact) mass is 662 g/mol. The first-order chi connectivity index (χ1) is 22.4. The molecule has 13 heteroatoms. The van der Waals surface area contributed by atoms with Gasteiger partial charge in [0.1, 0.15) is 17.5 Å². The Balaban J connectivity index is 1.25. The molecule has 1 saturated heterocycles. The molecule has 1 saturated carbocycles. The third kappa shape index (κ3) is 7.40. The molecule has 1 aliphatic carbocycles. The van der Waals surface area contributed by atoms with Gasteiger partial charge in [-0.05, 0) is 70.4 Å². The zero-order valence-corrected chi connectivity index (χ0v) is 27.7. The van der Waals surface area contributed by atoms with E-state index >= 15 is 0 Å². The van der Waals surface area contributed by atoms with E-state index in [2.05, 4.69) is 25.0 Å². The summed E-state index contributed by atoms with van der Waals surface area (Å²) in [7, 11) is -3.50. The lowest BCUT2D eigenvalue weighted by molar-refractivity contribution is 0.0124. The number of benzene rings is 2. The maximum Gasteiger partial charge on any atom is 0.410 e. The molecule has 2 aromatic carbocycles. The largest absolute Gasteiger partial charge is 0.444 e. The molecule has 4 aromatic rings. The molecule has 0 bridgehead atoms. The highest BCUT2D eigenvalue weighted by atomic mass is 32.2. The number of ether oxygens (including phenoxy) is 2. The summed E-state index contributed by atoms with van der Waals surface area (Å²) in [5.41, 5.74) is 1.66. The maximum absolute atomic E-state index is 14.7. The van der Waals surface area contributed by atoms with Crippen LogP contribution in [-0.4, -0.2) is 70.5 Å². The number of aryl methyl sites for hydroxylation is 1. The molecule has 11 nitrogen and oxygen atoms in total. The topological polar surface area (TPSA) is 136 Å². The first kappa shape index (κ1) is 32.4. The van der Waals surface area contributed by atoms with E-state index in [0.717, 1.165) is 17.4 Å². The van der Waals surface area contributed by atoms with Crippen molar-refractivity contribution in [2.45, 2.75) is 76.4 Å². The molecule has 0 spiro atoms. The number of nitrogens with one attached hydrogen (secondary N) is 2. The predicted octanol–water partition coefficient (Wildman–Crippen LogP) is 6.85. The van der Waals surface area contributed by atoms with E-state index in [9.17, 15) is 17.6 Å². The van der Waals surface area contributed by atoms with Crippen molar-refractivity contribution in [2.24, 2.45) is 0 Å². The molecule has 0 unspecified atom stereocenters. The standard InChI is InChI=1S/C34H39FN6O5S/c1-21-17-29(40-47(43,44)24-9-7-10-24)25-11-5-6-12-26(25)30(21)45-31-27(13-8-15-36-31)28-14-16-37-32(39-28)38-23-18-22(35)19-41(20-23)33(42)46-34(2,3)4/h5-6,8,11-17,22-24,40H,7,9-10,18-20H2,1-4H3,(H,37,38,39)/t22-,23-/m0/s1. The Hall–Kier alpha value is -4.52. The Labute approximate surface area is 274 Å². The van der Waals surface area contributed by atoms with Crippen LogP contribution in [0.4, 0.5) is 20.8 Å². The van der Waals surface area contributed by atoms with E-state index in [1.165, 1.54) is 4.90 Å². The summed E-state index contributed by atoms with van der Waals surface area (Å²) in [5, 5.41) is 4.25. The number of likely N-dealkylation sites (tertiary alicyclic amines) is 1. The van der Waals surface area contributed by atoms with Crippen LogP contribution in [0.1, 0.15) is 52.0 Å². The summed E-state index contributed by atoms with van der Waals surface area (Å²) in [6.45, 7) is 7.38. The molecule has 1 amide bonds. The van der Waals surface area contributed by atoms with Crippen molar-refractivity contribution in [3.63, 3.8) is 0 Å². The zero-order chi connectivity index (χ0) is 33.3. The minimum Gasteiger partial charge on any atom is -0.444 e. The van der Waals surface area contributed by atoms with E-state index in [0.29, 0.717) is 46.8 Å². The van der Waals surface area contributed by atoms with Crippen LogP contribution in [0.25, 0.3) is 22.0 Å². The van der Waals surface area contributed by atoms with Crippen molar-refractivity contribution < 1.29 is 27.1 Å². The van der Waals surface area contributed by atoms with Crippen molar-refractivity contribution in [3.05, 3.63) is 66.5 Å². The lowest BCUT2D eigenvalue weighted by Gasteiger charge is -2.36. The Morgan fingerprint density at radius 2 is 1.79 bits per heavy atom. The molecule has 2 atom stereocenters. The normalized spacial score (nSPS) is 18.8. The number of halogens is 1. The molecule has 2 aromatic heterocycles. The number of fused-ring (bicyclic) bond motifs is 1. The van der Waals surface area contributed by atoms with E-state index in [4.69, 9.17) is 9.47 Å². The van der Waals surface area contributed by atoms with Gasteiger partial charge in [-0.3, -0.25) is 4.72 Å². The van der Waals surface area contributed by atoms with Gasteiger partial charge < -0.3 is 19.7 Å². The summed E-state index contributed by atoms with van der Waals surface area (Å²) in [6.07, 6.45) is 3.85. The van der Waals surface area contributed by atoms with Gasteiger partial charge in [-0.2, -0.15) is 0 Å². The second-order valence-electron chi connectivity index (χ2n) is 13.1. The minimum atomic E-state index is -3.50. The van der Waals surface area contributed by atoms with Crippen LogP contribution in [-0.2, 0) is 14.8 Å². The number of hydrogen-bond acceptors (Lipinski definition) is 9. The third-order valence-electron chi connectivity index (χ3n) is 8.21. The van der Waals surface area contributed by atoms with Gasteiger partial charge >= 0.3 is 6.09 Å². The van der Waals surface area contributed by atoms with Crippen LogP contribution in [0.3, 0.4) is 0 Å². The molecule has 1 aliphatic heterocycles.